The molecule has 3 aromatic rings. The van der Waals surface area contributed by atoms with E-state index in [4.69, 9.17) is 4.74 Å². The molecule has 0 radical (unpaired) electrons. The quantitative estimate of drug-likeness (QED) is 0.579. The highest BCUT2D eigenvalue weighted by Gasteiger charge is 2.02. The molecule has 0 atom stereocenters. The van der Waals surface area contributed by atoms with Gasteiger partial charge in [0, 0.05) is 17.8 Å². The molecule has 2 aromatic carbocycles. The summed E-state index contributed by atoms with van der Waals surface area (Å²) in [4.78, 5) is 8.64. The molecule has 3 nitrogen and oxygen atoms in total. The molecule has 1 aromatic heterocycles. The number of nitrogens with zero attached hydrogens (tertiary/aromatic N) is 2. The Hall–Kier alpha value is -2.16. The van der Waals surface area contributed by atoms with Crippen molar-refractivity contribution in [3.05, 3.63) is 42.7 Å². The Kier molecular flexibility index (Phi) is 1.96. The van der Waals surface area contributed by atoms with Crippen LogP contribution in [-0.2, 0) is 0 Å². The summed E-state index contributed by atoms with van der Waals surface area (Å²) in [5.74, 6) is 0.857. The van der Waals surface area contributed by atoms with Crippen LogP contribution in [-0.4, -0.2) is 17.1 Å². The fourth-order valence-electron chi connectivity index (χ4n) is 1.87. The van der Waals surface area contributed by atoms with E-state index in [-0.39, 0.29) is 0 Å². The van der Waals surface area contributed by atoms with Crippen molar-refractivity contribution >= 4 is 21.8 Å². The smallest absolute Gasteiger partial charge is 0.119 e. The molecule has 1 heterocycles. The van der Waals surface area contributed by atoms with E-state index in [0.29, 0.717) is 0 Å². The number of rotatable bonds is 1. The van der Waals surface area contributed by atoms with E-state index in [0.717, 1.165) is 27.6 Å². The van der Waals surface area contributed by atoms with Gasteiger partial charge in [-0.25, -0.2) is 0 Å². The number of aromatic nitrogens is 2. The molecule has 0 N–H and O–H groups in total. The number of benzene rings is 2. The average Bonchev–Trinajstić information content (AvgIpc) is 2.38. The number of ether oxygens (including phenoxy) is 1. The summed E-state index contributed by atoms with van der Waals surface area (Å²) >= 11 is 0. The Bertz CT molecular complexity index is 664. The van der Waals surface area contributed by atoms with Crippen LogP contribution in [0.25, 0.3) is 21.8 Å². The van der Waals surface area contributed by atoms with Gasteiger partial charge in [0.25, 0.3) is 0 Å². The molecule has 0 aliphatic carbocycles. The van der Waals surface area contributed by atoms with Crippen molar-refractivity contribution < 1.29 is 4.74 Å². The minimum absolute atomic E-state index is 0.857. The SMILES string of the molecule is COc1ccc2c(ccc3nccnc32)c1. The van der Waals surface area contributed by atoms with Crippen LogP contribution in [0.4, 0.5) is 0 Å². The lowest BCUT2D eigenvalue weighted by Gasteiger charge is -2.04. The standard InChI is InChI=1S/C13H10N2O/c1-16-10-3-4-11-9(8-10)2-5-12-13(11)15-7-6-14-12/h2-8H,1H3. The minimum Gasteiger partial charge on any atom is -0.497 e. The first kappa shape index (κ1) is 9.09. The summed E-state index contributed by atoms with van der Waals surface area (Å²) < 4.78 is 5.20. The van der Waals surface area contributed by atoms with Crippen LogP contribution in [0, 0.1) is 0 Å². The van der Waals surface area contributed by atoms with E-state index in [1.807, 2.05) is 30.3 Å². The van der Waals surface area contributed by atoms with E-state index in [2.05, 4.69) is 9.97 Å². The largest absolute Gasteiger partial charge is 0.497 e. The van der Waals surface area contributed by atoms with Crippen LogP contribution >= 0.6 is 0 Å². The molecule has 0 aliphatic rings. The third-order valence-corrected chi connectivity index (χ3v) is 2.66. The van der Waals surface area contributed by atoms with Gasteiger partial charge >= 0.3 is 0 Å². The first-order chi connectivity index (χ1) is 7.88. The molecule has 78 valence electrons. The lowest BCUT2D eigenvalue weighted by Crippen LogP contribution is -1.86. The molecule has 0 amide bonds. The predicted molar refractivity (Wildman–Crippen MR) is 63.6 cm³/mol. The topological polar surface area (TPSA) is 35.0 Å². The van der Waals surface area contributed by atoms with Crippen molar-refractivity contribution in [1.29, 1.82) is 0 Å². The van der Waals surface area contributed by atoms with Gasteiger partial charge in [-0.3, -0.25) is 9.97 Å². The van der Waals surface area contributed by atoms with E-state index in [1.54, 1.807) is 19.5 Å². The number of hydrogen-bond donors (Lipinski definition) is 0. The summed E-state index contributed by atoms with van der Waals surface area (Å²) in [6, 6.07) is 9.98. The van der Waals surface area contributed by atoms with Crippen molar-refractivity contribution in [3.8, 4) is 5.75 Å². The monoisotopic (exact) mass is 210 g/mol. The molecule has 0 spiro atoms. The molecule has 0 saturated carbocycles. The molecule has 3 rings (SSSR count). The third-order valence-electron chi connectivity index (χ3n) is 2.66. The zero-order valence-corrected chi connectivity index (χ0v) is 8.84. The Morgan fingerprint density at radius 1 is 1.00 bits per heavy atom. The Morgan fingerprint density at radius 3 is 2.75 bits per heavy atom. The van der Waals surface area contributed by atoms with Crippen molar-refractivity contribution in [2.24, 2.45) is 0 Å². The first-order valence-corrected chi connectivity index (χ1v) is 5.06. The van der Waals surface area contributed by atoms with E-state index in [9.17, 15) is 0 Å². The summed E-state index contributed by atoms with van der Waals surface area (Å²) in [5.41, 5.74) is 1.85. The van der Waals surface area contributed by atoms with Gasteiger partial charge in [-0.15, -0.1) is 0 Å². The minimum atomic E-state index is 0.857. The predicted octanol–water partition coefficient (Wildman–Crippen LogP) is 2.79. The summed E-state index contributed by atoms with van der Waals surface area (Å²) in [6.45, 7) is 0. The zero-order chi connectivity index (χ0) is 11.0. The second kappa shape index (κ2) is 3.45. The molecular formula is C13H10N2O. The maximum absolute atomic E-state index is 5.20. The highest BCUT2D eigenvalue weighted by Crippen LogP contribution is 2.25. The number of methoxy groups -OCH3 is 1. The maximum atomic E-state index is 5.20. The fourth-order valence-corrected chi connectivity index (χ4v) is 1.87. The lowest BCUT2D eigenvalue weighted by atomic mass is 10.1. The summed E-state index contributed by atoms with van der Waals surface area (Å²) in [5, 5.41) is 2.22. The first-order valence-electron chi connectivity index (χ1n) is 5.06. The van der Waals surface area contributed by atoms with Crippen LogP contribution in [0.1, 0.15) is 0 Å². The molecule has 16 heavy (non-hydrogen) atoms. The normalized spacial score (nSPS) is 10.8. The third kappa shape index (κ3) is 1.29. The molecule has 0 fully saturated rings. The molecular weight excluding hydrogens is 200 g/mol. The van der Waals surface area contributed by atoms with Gasteiger partial charge in [0.05, 0.1) is 18.1 Å². The molecule has 0 bridgehead atoms. The average molecular weight is 210 g/mol. The van der Waals surface area contributed by atoms with Crippen LogP contribution in [0.15, 0.2) is 42.7 Å². The fraction of sp³-hybridized carbons (Fsp3) is 0.0769. The van der Waals surface area contributed by atoms with Crippen LogP contribution in [0.5, 0.6) is 5.75 Å². The van der Waals surface area contributed by atoms with Crippen molar-refractivity contribution in [3.63, 3.8) is 0 Å². The molecule has 0 unspecified atom stereocenters. The summed E-state index contributed by atoms with van der Waals surface area (Å²) in [7, 11) is 1.67. The lowest BCUT2D eigenvalue weighted by molar-refractivity contribution is 0.415. The maximum Gasteiger partial charge on any atom is 0.119 e. The molecule has 0 aliphatic heterocycles. The molecule has 0 saturated heterocycles. The van der Waals surface area contributed by atoms with Gasteiger partial charge in [0.2, 0.25) is 0 Å². The van der Waals surface area contributed by atoms with E-state index in [1.165, 1.54) is 0 Å². The van der Waals surface area contributed by atoms with Crippen LogP contribution < -0.4 is 4.74 Å². The van der Waals surface area contributed by atoms with Crippen LogP contribution in [0.2, 0.25) is 0 Å². The Balaban J connectivity index is 2.43. The summed E-state index contributed by atoms with van der Waals surface area (Å²) in [6.07, 6.45) is 3.42. The number of fused-ring (bicyclic) bond motifs is 3. The van der Waals surface area contributed by atoms with E-state index >= 15 is 0 Å². The van der Waals surface area contributed by atoms with Crippen LogP contribution in [0.3, 0.4) is 0 Å². The highest BCUT2D eigenvalue weighted by atomic mass is 16.5. The van der Waals surface area contributed by atoms with E-state index < -0.39 is 0 Å². The molecule has 3 heteroatoms. The Morgan fingerprint density at radius 2 is 1.88 bits per heavy atom. The van der Waals surface area contributed by atoms with Crippen molar-refractivity contribution in [1.82, 2.24) is 9.97 Å². The van der Waals surface area contributed by atoms with Crippen molar-refractivity contribution in [2.75, 3.05) is 7.11 Å². The van der Waals surface area contributed by atoms with Gasteiger partial charge < -0.3 is 4.74 Å². The number of hydrogen-bond acceptors (Lipinski definition) is 3. The Labute approximate surface area is 92.7 Å². The van der Waals surface area contributed by atoms with Gasteiger partial charge in [-0.05, 0) is 29.7 Å². The highest BCUT2D eigenvalue weighted by molar-refractivity contribution is 6.04. The van der Waals surface area contributed by atoms with Gasteiger partial charge in [0.15, 0.2) is 0 Å². The second-order valence-electron chi connectivity index (χ2n) is 3.58. The van der Waals surface area contributed by atoms with Gasteiger partial charge in [-0.2, -0.15) is 0 Å². The van der Waals surface area contributed by atoms with Gasteiger partial charge in [-0.1, -0.05) is 6.07 Å². The van der Waals surface area contributed by atoms with Crippen molar-refractivity contribution in [2.45, 2.75) is 0 Å². The second-order valence-corrected chi connectivity index (χ2v) is 3.58. The zero-order valence-electron chi connectivity index (χ0n) is 8.84. The van der Waals surface area contributed by atoms with Gasteiger partial charge in [0.1, 0.15) is 5.75 Å².